The zero-order chi connectivity index (χ0) is 12.1. The van der Waals surface area contributed by atoms with Crippen molar-refractivity contribution in [2.24, 2.45) is 0 Å². The van der Waals surface area contributed by atoms with Crippen molar-refractivity contribution < 1.29 is 14.6 Å². The minimum Gasteiger partial charge on any atom is -0.490 e. The van der Waals surface area contributed by atoms with Crippen molar-refractivity contribution in [2.75, 3.05) is 0 Å². The Labute approximate surface area is 96.1 Å². The van der Waals surface area contributed by atoms with E-state index in [0.717, 1.165) is 5.75 Å². The molecule has 0 radical (unpaired) electrons. The molecule has 0 aliphatic heterocycles. The van der Waals surface area contributed by atoms with E-state index in [1.54, 1.807) is 6.92 Å². The number of benzene rings is 1. The fourth-order valence-electron chi connectivity index (χ4n) is 1.47. The summed E-state index contributed by atoms with van der Waals surface area (Å²) < 4.78 is 5.54. The van der Waals surface area contributed by atoms with Crippen LogP contribution < -0.4 is 4.74 Å². The van der Waals surface area contributed by atoms with Crippen molar-refractivity contribution in [3.63, 3.8) is 0 Å². The monoisotopic (exact) mass is 222 g/mol. The van der Waals surface area contributed by atoms with Gasteiger partial charge < -0.3 is 9.84 Å². The van der Waals surface area contributed by atoms with E-state index in [-0.39, 0.29) is 12.5 Å². The third kappa shape index (κ3) is 3.93. The summed E-state index contributed by atoms with van der Waals surface area (Å²) in [5, 5.41) is 8.62. The van der Waals surface area contributed by atoms with Gasteiger partial charge in [-0.25, -0.2) is 0 Å². The molecule has 3 heteroatoms. The highest BCUT2D eigenvalue weighted by Gasteiger charge is 2.09. The van der Waals surface area contributed by atoms with Gasteiger partial charge in [-0.3, -0.25) is 4.79 Å². The molecule has 0 saturated heterocycles. The molecule has 3 nitrogen and oxygen atoms in total. The Hall–Kier alpha value is -1.51. The smallest absolute Gasteiger partial charge is 0.307 e. The maximum absolute atomic E-state index is 10.5. The number of aliphatic carboxylic acids is 1. The van der Waals surface area contributed by atoms with Crippen molar-refractivity contribution in [3.8, 4) is 5.75 Å². The van der Waals surface area contributed by atoms with E-state index in [4.69, 9.17) is 9.84 Å². The van der Waals surface area contributed by atoms with Crippen molar-refractivity contribution in [1.82, 2.24) is 0 Å². The summed E-state index contributed by atoms with van der Waals surface area (Å²) in [6, 6.07) is 7.78. The Morgan fingerprint density at radius 2 is 2.06 bits per heavy atom. The first-order chi connectivity index (χ1) is 7.49. The van der Waals surface area contributed by atoms with Gasteiger partial charge in [0, 0.05) is 0 Å². The third-order valence-corrected chi connectivity index (χ3v) is 2.32. The summed E-state index contributed by atoms with van der Waals surface area (Å²) in [5.74, 6) is 0.339. The van der Waals surface area contributed by atoms with Crippen LogP contribution in [0.4, 0.5) is 0 Å². The fraction of sp³-hybridized carbons (Fsp3) is 0.462. The summed E-state index contributed by atoms with van der Waals surface area (Å²) in [7, 11) is 0. The molecule has 1 rings (SSSR count). The quantitative estimate of drug-likeness (QED) is 0.832. The van der Waals surface area contributed by atoms with Crippen LogP contribution in [0.1, 0.15) is 38.7 Å². The Morgan fingerprint density at radius 3 is 2.62 bits per heavy atom. The number of rotatable bonds is 5. The summed E-state index contributed by atoms with van der Waals surface area (Å²) in [5.41, 5.74) is 1.19. The largest absolute Gasteiger partial charge is 0.490 e. The van der Waals surface area contributed by atoms with Crippen LogP contribution in [-0.4, -0.2) is 17.2 Å². The van der Waals surface area contributed by atoms with Crippen molar-refractivity contribution in [3.05, 3.63) is 29.8 Å². The van der Waals surface area contributed by atoms with Crippen molar-refractivity contribution in [2.45, 2.75) is 39.2 Å². The molecule has 1 N–H and O–H groups in total. The molecule has 0 saturated carbocycles. The second-order valence-corrected chi connectivity index (χ2v) is 4.25. The molecular formula is C13H18O3. The number of hydrogen-bond donors (Lipinski definition) is 1. The van der Waals surface area contributed by atoms with Gasteiger partial charge in [0.15, 0.2) is 0 Å². The van der Waals surface area contributed by atoms with E-state index in [0.29, 0.717) is 5.92 Å². The van der Waals surface area contributed by atoms with Gasteiger partial charge in [-0.2, -0.15) is 0 Å². The molecule has 0 heterocycles. The second kappa shape index (κ2) is 5.54. The van der Waals surface area contributed by atoms with Crippen molar-refractivity contribution in [1.29, 1.82) is 0 Å². The predicted molar refractivity (Wildman–Crippen MR) is 62.9 cm³/mol. The number of carboxylic acid groups (broad SMARTS) is 1. The van der Waals surface area contributed by atoms with E-state index >= 15 is 0 Å². The Kier molecular flexibility index (Phi) is 4.35. The lowest BCUT2D eigenvalue weighted by atomic mass is 10.0. The van der Waals surface area contributed by atoms with E-state index in [9.17, 15) is 4.79 Å². The molecule has 1 atom stereocenters. The van der Waals surface area contributed by atoms with E-state index in [1.807, 2.05) is 24.3 Å². The average Bonchev–Trinajstić information content (AvgIpc) is 2.16. The van der Waals surface area contributed by atoms with Crippen LogP contribution >= 0.6 is 0 Å². The van der Waals surface area contributed by atoms with E-state index in [1.165, 1.54) is 5.56 Å². The predicted octanol–water partition coefficient (Wildman–Crippen LogP) is 3.05. The lowest BCUT2D eigenvalue weighted by Crippen LogP contribution is -2.16. The number of carbonyl (C=O) groups is 1. The number of carboxylic acids is 1. The van der Waals surface area contributed by atoms with Gasteiger partial charge in [-0.05, 0) is 30.5 Å². The number of ether oxygens (including phenoxy) is 1. The molecule has 0 amide bonds. The van der Waals surface area contributed by atoms with Crippen LogP contribution in [0.15, 0.2) is 24.3 Å². The average molecular weight is 222 g/mol. The van der Waals surface area contributed by atoms with Crippen LogP contribution in [0.3, 0.4) is 0 Å². The molecule has 0 aliphatic carbocycles. The molecule has 0 fully saturated rings. The first kappa shape index (κ1) is 12.6. The van der Waals surface area contributed by atoms with Gasteiger partial charge in [-0.1, -0.05) is 26.0 Å². The molecular weight excluding hydrogens is 204 g/mol. The molecule has 0 aromatic heterocycles. The highest BCUT2D eigenvalue weighted by atomic mass is 16.5. The Morgan fingerprint density at radius 1 is 1.38 bits per heavy atom. The molecule has 16 heavy (non-hydrogen) atoms. The second-order valence-electron chi connectivity index (χ2n) is 4.25. The molecule has 0 spiro atoms. The van der Waals surface area contributed by atoms with E-state index in [2.05, 4.69) is 13.8 Å². The fourth-order valence-corrected chi connectivity index (χ4v) is 1.47. The lowest BCUT2D eigenvalue weighted by molar-refractivity contribution is -0.138. The first-order valence-corrected chi connectivity index (χ1v) is 5.47. The van der Waals surface area contributed by atoms with Gasteiger partial charge in [0.1, 0.15) is 11.9 Å². The van der Waals surface area contributed by atoms with Crippen LogP contribution in [0.25, 0.3) is 0 Å². The molecule has 0 aliphatic rings. The van der Waals surface area contributed by atoms with Gasteiger partial charge in [0.25, 0.3) is 0 Å². The minimum absolute atomic E-state index is 0.0197. The zero-order valence-electron chi connectivity index (χ0n) is 9.93. The van der Waals surface area contributed by atoms with Gasteiger partial charge in [0.05, 0.1) is 6.42 Å². The highest BCUT2D eigenvalue weighted by Crippen LogP contribution is 2.21. The maximum Gasteiger partial charge on any atom is 0.307 e. The normalized spacial score (nSPS) is 12.5. The van der Waals surface area contributed by atoms with E-state index < -0.39 is 5.97 Å². The molecule has 0 bridgehead atoms. The maximum atomic E-state index is 10.5. The van der Waals surface area contributed by atoms with Crippen LogP contribution in [0.5, 0.6) is 5.75 Å². The minimum atomic E-state index is -0.840. The zero-order valence-corrected chi connectivity index (χ0v) is 9.93. The molecule has 0 unspecified atom stereocenters. The number of hydrogen-bond acceptors (Lipinski definition) is 2. The van der Waals surface area contributed by atoms with Gasteiger partial charge in [-0.15, -0.1) is 0 Å². The summed E-state index contributed by atoms with van der Waals surface area (Å²) in [6.45, 7) is 5.98. The summed E-state index contributed by atoms with van der Waals surface area (Å²) >= 11 is 0. The molecule has 1 aromatic rings. The Bertz CT molecular complexity index is 358. The summed E-state index contributed by atoms with van der Waals surface area (Å²) in [6.07, 6.45) is -0.286. The molecule has 1 aromatic carbocycles. The Balaban J connectivity index is 2.66. The third-order valence-electron chi connectivity index (χ3n) is 2.32. The van der Waals surface area contributed by atoms with Gasteiger partial charge in [0.2, 0.25) is 0 Å². The topological polar surface area (TPSA) is 46.5 Å². The lowest BCUT2D eigenvalue weighted by Gasteiger charge is -2.14. The first-order valence-electron chi connectivity index (χ1n) is 5.47. The van der Waals surface area contributed by atoms with Crippen LogP contribution in [0, 0.1) is 0 Å². The van der Waals surface area contributed by atoms with Crippen LogP contribution in [0.2, 0.25) is 0 Å². The highest BCUT2D eigenvalue weighted by molar-refractivity contribution is 5.67. The standard InChI is InChI=1S/C13H18O3/c1-9(2)11-5-4-6-12(8-11)16-10(3)7-13(14)15/h4-6,8-10H,7H2,1-3H3,(H,14,15)/t10-/m0/s1. The summed E-state index contributed by atoms with van der Waals surface area (Å²) in [4.78, 5) is 10.5. The molecule has 88 valence electrons. The van der Waals surface area contributed by atoms with Crippen LogP contribution in [-0.2, 0) is 4.79 Å². The van der Waals surface area contributed by atoms with Crippen molar-refractivity contribution >= 4 is 5.97 Å². The SMILES string of the molecule is CC(C)c1cccc(O[C@@H](C)CC(=O)O)c1. The van der Waals surface area contributed by atoms with Gasteiger partial charge >= 0.3 is 5.97 Å².